The Kier molecular flexibility index (Phi) is 5.52. The molecule has 1 fully saturated rings. The maximum Gasteiger partial charge on any atom is 0.265 e. The summed E-state index contributed by atoms with van der Waals surface area (Å²) < 4.78 is 28.1. The molecule has 0 saturated heterocycles. The van der Waals surface area contributed by atoms with E-state index in [1.54, 1.807) is 42.7 Å². The van der Waals surface area contributed by atoms with Crippen molar-refractivity contribution in [1.82, 2.24) is 15.0 Å². The van der Waals surface area contributed by atoms with Crippen molar-refractivity contribution in [3.63, 3.8) is 0 Å². The zero-order valence-electron chi connectivity index (χ0n) is 17.5. The second-order valence-corrected chi connectivity index (χ2v) is 10.1. The highest BCUT2D eigenvalue weighted by molar-refractivity contribution is 7.92. The lowest BCUT2D eigenvalue weighted by molar-refractivity contribution is 0.126. The lowest BCUT2D eigenvalue weighted by Crippen LogP contribution is -2.31. The van der Waals surface area contributed by atoms with Crippen LogP contribution in [-0.2, 0) is 10.0 Å². The van der Waals surface area contributed by atoms with Crippen LogP contribution in [0.1, 0.15) is 42.9 Å². The fourth-order valence-corrected chi connectivity index (χ4v) is 5.95. The Morgan fingerprint density at radius 2 is 1.72 bits per heavy atom. The van der Waals surface area contributed by atoms with Gasteiger partial charge in [0.25, 0.3) is 10.0 Å². The molecule has 0 bridgehead atoms. The first-order valence-electron chi connectivity index (χ1n) is 10.8. The van der Waals surface area contributed by atoms with E-state index in [2.05, 4.69) is 15.3 Å². The molecule has 0 spiro atoms. The molecule has 1 aromatic carbocycles. The van der Waals surface area contributed by atoms with Gasteiger partial charge in [0.2, 0.25) is 5.95 Å². The molecule has 8 nitrogen and oxygen atoms in total. The van der Waals surface area contributed by atoms with E-state index in [0.717, 1.165) is 36.9 Å². The van der Waals surface area contributed by atoms with Crippen molar-refractivity contribution in [3.05, 3.63) is 72.2 Å². The minimum Gasteiger partial charge on any atom is -0.393 e. The summed E-state index contributed by atoms with van der Waals surface area (Å²) in [6.07, 6.45) is 6.37. The molecule has 3 heterocycles. The minimum absolute atomic E-state index is 0.222. The largest absolute Gasteiger partial charge is 0.393 e. The number of aromatic nitrogens is 3. The van der Waals surface area contributed by atoms with Gasteiger partial charge < -0.3 is 10.4 Å². The number of benzene rings is 1. The predicted octanol–water partition coefficient (Wildman–Crippen LogP) is 2.93. The molecule has 166 valence electrons. The standard InChI is InChI=1S/C23H25N5O3S/c29-17-10-8-16(9-11-17)26-23-25-14-12-21(27-23)20-15-28(22-19(20)7-4-13-24-22)32(30,31)18-5-2-1-3-6-18/h1-7,12-14,16-17,20,29H,8-11,15H2,(H,25,26,27)/t16-,17-,20?. The molecule has 1 saturated carbocycles. The number of anilines is 2. The van der Waals surface area contributed by atoms with E-state index in [9.17, 15) is 13.5 Å². The fourth-order valence-electron chi connectivity index (χ4n) is 4.46. The van der Waals surface area contributed by atoms with Crippen LogP contribution in [0, 0.1) is 0 Å². The van der Waals surface area contributed by atoms with Crippen LogP contribution >= 0.6 is 0 Å². The van der Waals surface area contributed by atoms with Gasteiger partial charge in [-0.15, -0.1) is 0 Å². The highest BCUT2D eigenvalue weighted by Crippen LogP contribution is 2.40. The van der Waals surface area contributed by atoms with Gasteiger partial charge in [0.15, 0.2) is 0 Å². The SMILES string of the molecule is O=S(=O)(c1ccccc1)N1CC(c2ccnc(N[C@H]3CC[C@H](O)CC3)n2)c2cccnc21. The van der Waals surface area contributed by atoms with Crippen LogP contribution in [0.2, 0.25) is 0 Å². The second-order valence-electron chi connectivity index (χ2n) is 8.27. The summed E-state index contributed by atoms with van der Waals surface area (Å²) in [4.78, 5) is 13.7. The Balaban J connectivity index is 1.44. The van der Waals surface area contributed by atoms with Crippen molar-refractivity contribution < 1.29 is 13.5 Å². The molecule has 9 heteroatoms. The number of aliphatic hydroxyl groups excluding tert-OH is 1. The van der Waals surface area contributed by atoms with E-state index in [0.29, 0.717) is 11.8 Å². The van der Waals surface area contributed by atoms with Gasteiger partial charge in [-0.3, -0.25) is 0 Å². The topological polar surface area (TPSA) is 108 Å². The number of aliphatic hydroxyl groups is 1. The van der Waals surface area contributed by atoms with Crippen LogP contribution in [0.4, 0.5) is 11.8 Å². The molecule has 5 rings (SSSR count). The zero-order valence-corrected chi connectivity index (χ0v) is 18.3. The summed E-state index contributed by atoms with van der Waals surface area (Å²) in [5, 5.41) is 13.1. The molecule has 1 unspecified atom stereocenters. The van der Waals surface area contributed by atoms with Gasteiger partial charge in [0, 0.05) is 36.5 Å². The van der Waals surface area contributed by atoms with Crippen molar-refractivity contribution in [2.24, 2.45) is 0 Å². The van der Waals surface area contributed by atoms with Crippen molar-refractivity contribution in [2.75, 3.05) is 16.2 Å². The third-order valence-corrected chi connectivity index (χ3v) is 7.94. The number of pyridine rings is 1. The van der Waals surface area contributed by atoms with Crippen LogP contribution in [0.25, 0.3) is 0 Å². The Bertz CT molecular complexity index is 1200. The molecular weight excluding hydrogens is 426 g/mol. The molecule has 0 amide bonds. The third kappa shape index (κ3) is 3.93. The quantitative estimate of drug-likeness (QED) is 0.614. The highest BCUT2D eigenvalue weighted by Gasteiger charge is 2.39. The summed E-state index contributed by atoms with van der Waals surface area (Å²) in [6, 6.07) is 14.2. The van der Waals surface area contributed by atoms with E-state index in [4.69, 9.17) is 4.98 Å². The van der Waals surface area contributed by atoms with Crippen LogP contribution < -0.4 is 9.62 Å². The molecule has 2 aliphatic rings. The number of sulfonamides is 1. The van der Waals surface area contributed by atoms with Crippen LogP contribution in [0.5, 0.6) is 0 Å². The molecule has 1 aliphatic carbocycles. The van der Waals surface area contributed by atoms with Crippen molar-refractivity contribution >= 4 is 21.8 Å². The number of fused-ring (bicyclic) bond motifs is 1. The van der Waals surface area contributed by atoms with E-state index in [1.165, 1.54) is 4.31 Å². The highest BCUT2D eigenvalue weighted by atomic mass is 32.2. The predicted molar refractivity (Wildman–Crippen MR) is 121 cm³/mol. The Labute approximate surface area is 187 Å². The van der Waals surface area contributed by atoms with Gasteiger partial charge in [-0.25, -0.2) is 27.7 Å². The van der Waals surface area contributed by atoms with E-state index < -0.39 is 10.0 Å². The monoisotopic (exact) mass is 451 g/mol. The maximum atomic E-state index is 13.4. The molecular formula is C23H25N5O3S. The van der Waals surface area contributed by atoms with Gasteiger partial charge in [0.05, 0.1) is 16.7 Å². The molecule has 2 N–H and O–H groups in total. The van der Waals surface area contributed by atoms with Crippen LogP contribution in [0.15, 0.2) is 65.8 Å². The van der Waals surface area contributed by atoms with Gasteiger partial charge in [-0.2, -0.15) is 0 Å². The van der Waals surface area contributed by atoms with Crippen LogP contribution in [0.3, 0.4) is 0 Å². The lowest BCUT2D eigenvalue weighted by atomic mass is 9.93. The molecule has 3 aromatic rings. The fraction of sp³-hybridized carbons (Fsp3) is 0.348. The average molecular weight is 452 g/mol. The average Bonchev–Trinajstić information content (AvgIpc) is 3.22. The van der Waals surface area contributed by atoms with Crippen molar-refractivity contribution in [2.45, 2.75) is 48.6 Å². The van der Waals surface area contributed by atoms with E-state index in [-0.39, 0.29) is 29.5 Å². The van der Waals surface area contributed by atoms with E-state index >= 15 is 0 Å². The Morgan fingerprint density at radius 3 is 2.50 bits per heavy atom. The Morgan fingerprint density at radius 1 is 0.938 bits per heavy atom. The zero-order chi connectivity index (χ0) is 22.1. The van der Waals surface area contributed by atoms with Crippen molar-refractivity contribution in [3.8, 4) is 0 Å². The van der Waals surface area contributed by atoms with Gasteiger partial charge in [-0.1, -0.05) is 24.3 Å². The maximum absolute atomic E-state index is 13.4. The lowest BCUT2D eigenvalue weighted by Gasteiger charge is -2.26. The first-order chi connectivity index (χ1) is 15.5. The smallest absolute Gasteiger partial charge is 0.265 e. The summed E-state index contributed by atoms with van der Waals surface area (Å²) in [7, 11) is -3.74. The van der Waals surface area contributed by atoms with E-state index in [1.807, 2.05) is 18.2 Å². The normalized spacial score (nSPS) is 23.0. The minimum atomic E-state index is -3.74. The van der Waals surface area contributed by atoms with Crippen molar-refractivity contribution in [1.29, 1.82) is 0 Å². The number of rotatable bonds is 5. The molecule has 32 heavy (non-hydrogen) atoms. The van der Waals surface area contributed by atoms with Crippen LogP contribution in [-0.4, -0.2) is 47.2 Å². The number of nitrogens with one attached hydrogen (secondary N) is 1. The molecule has 1 aliphatic heterocycles. The summed E-state index contributed by atoms with van der Waals surface area (Å²) in [5.74, 6) is 0.725. The number of nitrogens with zero attached hydrogens (tertiary/aromatic N) is 4. The molecule has 0 radical (unpaired) electrons. The third-order valence-electron chi connectivity index (χ3n) is 6.17. The second kappa shape index (κ2) is 8.48. The summed E-state index contributed by atoms with van der Waals surface area (Å²) >= 11 is 0. The van der Waals surface area contributed by atoms with Gasteiger partial charge >= 0.3 is 0 Å². The first-order valence-corrected chi connectivity index (χ1v) is 12.3. The summed E-state index contributed by atoms with van der Waals surface area (Å²) in [5.41, 5.74) is 1.58. The van der Waals surface area contributed by atoms with Gasteiger partial charge in [-0.05, 0) is 49.9 Å². The summed E-state index contributed by atoms with van der Waals surface area (Å²) in [6.45, 7) is 0.232. The number of hydrogen-bond acceptors (Lipinski definition) is 7. The van der Waals surface area contributed by atoms with Gasteiger partial charge in [0.1, 0.15) is 5.82 Å². The molecule has 1 atom stereocenters. The first kappa shape index (κ1) is 20.8. The molecule has 2 aromatic heterocycles. The number of hydrogen-bond donors (Lipinski definition) is 2. The Hall–Kier alpha value is -3.04.